The molecular formula is C10H18N2O2S. The van der Waals surface area contributed by atoms with Gasteiger partial charge in [-0.25, -0.2) is 0 Å². The third kappa shape index (κ3) is 3.76. The van der Waals surface area contributed by atoms with Crippen LogP contribution in [-0.2, 0) is 9.53 Å². The van der Waals surface area contributed by atoms with E-state index in [1.165, 1.54) is 0 Å². The molecule has 0 aromatic rings. The summed E-state index contributed by atoms with van der Waals surface area (Å²) in [5, 5.41) is 2.90. The maximum atomic E-state index is 11.8. The Morgan fingerprint density at radius 1 is 1.73 bits per heavy atom. The number of hydrogen-bond donors (Lipinski definition) is 2. The zero-order valence-corrected chi connectivity index (χ0v) is 9.97. The van der Waals surface area contributed by atoms with Gasteiger partial charge in [0.25, 0.3) is 0 Å². The summed E-state index contributed by atoms with van der Waals surface area (Å²) in [5.74, 6) is 0.0162. The monoisotopic (exact) mass is 230 g/mol. The summed E-state index contributed by atoms with van der Waals surface area (Å²) >= 11 is 4.78. The van der Waals surface area contributed by atoms with Gasteiger partial charge in [-0.2, -0.15) is 0 Å². The molecule has 0 bridgehead atoms. The molecule has 1 saturated heterocycles. The van der Waals surface area contributed by atoms with Crippen molar-refractivity contribution in [2.75, 3.05) is 6.61 Å². The van der Waals surface area contributed by atoms with Gasteiger partial charge in [0.2, 0.25) is 5.91 Å². The van der Waals surface area contributed by atoms with E-state index < -0.39 is 0 Å². The lowest BCUT2D eigenvalue weighted by molar-refractivity contribution is -0.126. The molecule has 1 amide bonds. The Balaban J connectivity index is 2.37. The van der Waals surface area contributed by atoms with Crippen LogP contribution in [-0.4, -0.2) is 29.6 Å². The number of rotatable bonds is 4. The van der Waals surface area contributed by atoms with Gasteiger partial charge in [-0.15, -0.1) is 0 Å². The molecule has 1 rings (SSSR count). The molecule has 0 aromatic heterocycles. The summed E-state index contributed by atoms with van der Waals surface area (Å²) in [6.45, 7) is 4.50. The number of ether oxygens (including phenoxy) is 1. The summed E-state index contributed by atoms with van der Waals surface area (Å²) in [4.78, 5) is 12.2. The van der Waals surface area contributed by atoms with Crippen molar-refractivity contribution in [3.63, 3.8) is 0 Å². The molecule has 1 aliphatic heterocycles. The lowest BCUT2D eigenvalue weighted by Gasteiger charge is -2.18. The van der Waals surface area contributed by atoms with E-state index in [-0.39, 0.29) is 24.0 Å². The van der Waals surface area contributed by atoms with Crippen LogP contribution in [0.4, 0.5) is 0 Å². The van der Waals surface area contributed by atoms with Crippen LogP contribution in [0.2, 0.25) is 0 Å². The number of hydrogen-bond acceptors (Lipinski definition) is 3. The van der Waals surface area contributed by atoms with Crippen LogP contribution in [0.15, 0.2) is 0 Å². The van der Waals surface area contributed by atoms with Crippen LogP contribution < -0.4 is 11.1 Å². The molecule has 0 aromatic carbocycles. The largest absolute Gasteiger partial charge is 0.393 e. The van der Waals surface area contributed by atoms with Crippen LogP contribution >= 0.6 is 12.2 Å². The molecule has 0 spiro atoms. The van der Waals surface area contributed by atoms with E-state index in [0.29, 0.717) is 18.0 Å². The first-order valence-electron chi connectivity index (χ1n) is 5.21. The average molecular weight is 230 g/mol. The van der Waals surface area contributed by atoms with Gasteiger partial charge in [-0.3, -0.25) is 4.79 Å². The van der Waals surface area contributed by atoms with Crippen molar-refractivity contribution >= 4 is 23.1 Å². The second-order valence-corrected chi connectivity index (χ2v) is 4.58. The van der Waals surface area contributed by atoms with E-state index in [9.17, 15) is 4.79 Å². The van der Waals surface area contributed by atoms with Gasteiger partial charge in [-0.1, -0.05) is 12.2 Å². The van der Waals surface area contributed by atoms with Crippen molar-refractivity contribution in [1.82, 2.24) is 5.32 Å². The predicted molar refractivity (Wildman–Crippen MR) is 62.5 cm³/mol. The Bertz CT molecular complexity index is 258. The Labute approximate surface area is 95.5 Å². The van der Waals surface area contributed by atoms with Crippen LogP contribution in [0.3, 0.4) is 0 Å². The second kappa shape index (κ2) is 5.42. The fourth-order valence-electron chi connectivity index (χ4n) is 1.78. The number of nitrogens with one attached hydrogen (secondary N) is 1. The lowest BCUT2D eigenvalue weighted by Crippen LogP contribution is -2.40. The molecule has 3 N–H and O–H groups in total. The van der Waals surface area contributed by atoms with E-state index in [0.717, 1.165) is 6.42 Å². The number of amides is 1. The second-order valence-electron chi connectivity index (χ2n) is 4.05. The zero-order chi connectivity index (χ0) is 11.4. The first kappa shape index (κ1) is 12.4. The number of carbonyl (C=O) groups is 1. The van der Waals surface area contributed by atoms with Crippen LogP contribution in [0, 0.1) is 5.92 Å². The van der Waals surface area contributed by atoms with Crippen molar-refractivity contribution in [1.29, 1.82) is 0 Å². The fourth-order valence-corrected chi connectivity index (χ4v) is 2.03. The Morgan fingerprint density at radius 2 is 2.40 bits per heavy atom. The summed E-state index contributed by atoms with van der Waals surface area (Å²) in [6.07, 6.45) is 1.36. The minimum absolute atomic E-state index is 0.00259. The van der Waals surface area contributed by atoms with E-state index in [1.807, 2.05) is 13.8 Å². The van der Waals surface area contributed by atoms with E-state index in [1.54, 1.807) is 0 Å². The highest BCUT2D eigenvalue weighted by Gasteiger charge is 2.31. The Kier molecular flexibility index (Phi) is 4.47. The standard InChI is InChI=1S/C10H18N2O2S/c1-6(5-9(11)15)12-10(13)8-3-4-14-7(8)2/h6-8H,3-5H2,1-2H3,(H2,11,15)(H,12,13). The van der Waals surface area contributed by atoms with E-state index >= 15 is 0 Å². The maximum Gasteiger partial charge on any atom is 0.226 e. The van der Waals surface area contributed by atoms with Crippen LogP contribution in [0.5, 0.6) is 0 Å². The third-order valence-corrected chi connectivity index (χ3v) is 2.78. The van der Waals surface area contributed by atoms with Crippen molar-refractivity contribution in [3.05, 3.63) is 0 Å². The fraction of sp³-hybridized carbons (Fsp3) is 0.800. The van der Waals surface area contributed by atoms with Crippen molar-refractivity contribution < 1.29 is 9.53 Å². The zero-order valence-electron chi connectivity index (χ0n) is 9.16. The number of thiocarbonyl (C=S) groups is 1. The van der Waals surface area contributed by atoms with Gasteiger partial charge >= 0.3 is 0 Å². The highest BCUT2D eigenvalue weighted by molar-refractivity contribution is 7.80. The first-order chi connectivity index (χ1) is 7.00. The van der Waals surface area contributed by atoms with Gasteiger partial charge in [0, 0.05) is 19.1 Å². The van der Waals surface area contributed by atoms with Crippen molar-refractivity contribution in [3.8, 4) is 0 Å². The molecule has 0 aliphatic carbocycles. The van der Waals surface area contributed by atoms with Crippen molar-refractivity contribution in [2.45, 2.75) is 38.8 Å². The molecule has 86 valence electrons. The molecule has 5 heteroatoms. The molecule has 0 saturated carbocycles. The van der Waals surface area contributed by atoms with Gasteiger partial charge in [0.1, 0.15) is 0 Å². The number of nitrogens with two attached hydrogens (primary N) is 1. The summed E-state index contributed by atoms with van der Waals surface area (Å²) < 4.78 is 5.34. The lowest BCUT2D eigenvalue weighted by atomic mass is 10.0. The quantitative estimate of drug-likeness (QED) is 0.694. The average Bonchev–Trinajstić information content (AvgIpc) is 2.49. The predicted octanol–water partition coefficient (Wildman–Crippen LogP) is 0.592. The Hall–Kier alpha value is -0.680. The Morgan fingerprint density at radius 3 is 2.87 bits per heavy atom. The van der Waals surface area contributed by atoms with E-state index in [4.69, 9.17) is 22.7 Å². The van der Waals surface area contributed by atoms with Gasteiger partial charge < -0.3 is 15.8 Å². The van der Waals surface area contributed by atoms with Gasteiger partial charge in [0.05, 0.1) is 17.0 Å². The molecule has 1 fully saturated rings. The van der Waals surface area contributed by atoms with E-state index in [2.05, 4.69) is 5.32 Å². The SMILES string of the molecule is CC(CC(N)=S)NC(=O)C1CCOC1C. The van der Waals surface area contributed by atoms with Crippen LogP contribution in [0.25, 0.3) is 0 Å². The third-order valence-electron chi connectivity index (χ3n) is 2.61. The highest BCUT2D eigenvalue weighted by Crippen LogP contribution is 2.20. The molecule has 15 heavy (non-hydrogen) atoms. The minimum Gasteiger partial charge on any atom is -0.393 e. The smallest absolute Gasteiger partial charge is 0.226 e. The molecular weight excluding hydrogens is 212 g/mol. The van der Waals surface area contributed by atoms with Crippen LogP contribution in [0.1, 0.15) is 26.7 Å². The summed E-state index contributed by atoms with van der Waals surface area (Å²) in [6, 6.07) is 0.00259. The summed E-state index contributed by atoms with van der Waals surface area (Å²) in [7, 11) is 0. The topological polar surface area (TPSA) is 64.3 Å². The first-order valence-corrected chi connectivity index (χ1v) is 5.61. The van der Waals surface area contributed by atoms with Gasteiger partial charge in [-0.05, 0) is 20.3 Å². The summed E-state index contributed by atoms with van der Waals surface area (Å²) in [5.41, 5.74) is 5.41. The van der Waals surface area contributed by atoms with Crippen molar-refractivity contribution in [2.24, 2.45) is 11.7 Å². The molecule has 1 aliphatic rings. The molecule has 3 atom stereocenters. The maximum absolute atomic E-state index is 11.8. The molecule has 4 nitrogen and oxygen atoms in total. The molecule has 3 unspecified atom stereocenters. The normalized spacial score (nSPS) is 27.3. The highest BCUT2D eigenvalue weighted by atomic mass is 32.1. The molecule has 1 heterocycles. The number of carbonyl (C=O) groups excluding carboxylic acids is 1. The molecule has 0 radical (unpaired) electrons. The van der Waals surface area contributed by atoms with Gasteiger partial charge in [0.15, 0.2) is 0 Å². The minimum atomic E-state index is -0.0289.